The normalized spacial score (nSPS) is 11.7. The maximum absolute atomic E-state index is 4.62. The number of hydrogen-bond acceptors (Lipinski definition) is 6. The van der Waals surface area contributed by atoms with E-state index in [1.165, 1.54) is 38.5 Å². The molecule has 7 aromatic rings. The van der Waals surface area contributed by atoms with Crippen molar-refractivity contribution in [1.29, 1.82) is 0 Å². The van der Waals surface area contributed by atoms with Crippen LogP contribution in [0.3, 0.4) is 0 Å². The molecule has 0 spiro atoms. The van der Waals surface area contributed by atoms with Gasteiger partial charge in [-0.05, 0) is 124 Å². The van der Waals surface area contributed by atoms with E-state index in [0.717, 1.165) is 56.1 Å². The molecule has 0 unspecified atom stereocenters. The summed E-state index contributed by atoms with van der Waals surface area (Å²) in [5, 5.41) is 5.89. The molecule has 10 heteroatoms. The van der Waals surface area contributed by atoms with Gasteiger partial charge < -0.3 is 9.97 Å². The van der Waals surface area contributed by atoms with Crippen LogP contribution in [0.15, 0.2) is 109 Å². The summed E-state index contributed by atoms with van der Waals surface area (Å²) in [5.41, 5.74) is 13.6. The number of thiophene rings is 1. The van der Waals surface area contributed by atoms with E-state index < -0.39 is 0 Å². The average molecular weight is 766 g/mol. The standard InChI is InChI=1S/C20H14N4.C13H10.C4H2N2S2.Si.Sn/c1-2-14-10-16-5-6-18(23-16)12-20-8-7-19(24-20)11-17-4-3-15(22-17)9-13(1)21-14;1-3-7-12-10(5-1)9-11-6-2-4-8-13(11)12;1-2-7-4-3(1)8-6-5-4;;/h1-12,21-22H;1-8H,9H2;1-2H;;. The number of aromatic nitrogens is 6. The molecule has 0 fully saturated rings. The minimum Gasteiger partial charge on any atom is -0.355 e. The van der Waals surface area contributed by atoms with Gasteiger partial charge in [-0.2, -0.15) is 0 Å². The Morgan fingerprint density at radius 3 is 1.57 bits per heavy atom. The number of hydrogen-bond donors (Lipinski definition) is 2. The van der Waals surface area contributed by atoms with Gasteiger partial charge >= 0.3 is 0 Å². The van der Waals surface area contributed by atoms with E-state index in [2.05, 4.69) is 108 Å². The van der Waals surface area contributed by atoms with Crippen LogP contribution in [0.4, 0.5) is 0 Å². The molecule has 10 rings (SSSR count). The Hall–Kier alpha value is -4.42. The predicted molar refractivity (Wildman–Crippen MR) is 200 cm³/mol. The third kappa shape index (κ3) is 7.44. The Kier molecular flexibility index (Phi) is 10.1. The van der Waals surface area contributed by atoms with Crippen molar-refractivity contribution in [2.24, 2.45) is 0 Å². The summed E-state index contributed by atoms with van der Waals surface area (Å²) in [6.07, 6.45) is 9.15. The van der Waals surface area contributed by atoms with Crippen molar-refractivity contribution >= 4 is 114 Å². The van der Waals surface area contributed by atoms with Crippen LogP contribution in [0.5, 0.6) is 0 Å². The number of nitrogens with one attached hydrogen (secondary N) is 2. The molecule has 3 aliphatic rings. The molecule has 8 radical (unpaired) electrons. The number of aromatic amines is 2. The van der Waals surface area contributed by atoms with Gasteiger partial charge in [0.1, 0.15) is 0 Å². The second kappa shape index (κ2) is 14.6. The minimum atomic E-state index is 0. The molecule has 7 heterocycles. The molecule has 6 nitrogen and oxygen atoms in total. The smallest absolute Gasteiger partial charge is 0.158 e. The second-order valence-corrected chi connectivity index (χ2v) is 12.4. The first-order valence-electron chi connectivity index (χ1n) is 14.6. The van der Waals surface area contributed by atoms with E-state index in [0.29, 0.717) is 0 Å². The van der Waals surface area contributed by atoms with Crippen molar-refractivity contribution in [2.45, 2.75) is 6.42 Å². The Bertz CT molecular complexity index is 2220. The fourth-order valence-corrected chi connectivity index (χ4v) is 7.01. The monoisotopic (exact) mass is 766 g/mol. The van der Waals surface area contributed by atoms with Crippen LogP contribution in [0.1, 0.15) is 33.9 Å². The molecule has 224 valence electrons. The maximum Gasteiger partial charge on any atom is 0.158 e. The van der Waals surface area contributed by atoms with Crippen LogP contribution in [0.25, 0.3) is 67.0 Å². The number of rotatable bonds is 0. The summed E-state index contributed by atoms with van der Waals surface area (Å²) in [6, 6.07) is 35.7. The molecule has 5 aromatic heterocycles. The number of nitrogens with zero attached hydrogens (tertiary/aromatic N) is 4. The third-order valence-corrected chi connectivity index (χ3v) is 9.24. The van der Waals surface area contributed by atoms with Gasteiger partial charge in [0.15, 0.2) is 4.83 Å². The van der Waals surface area contributed by atoms with Crippen molar-refractivity contribution in [3.8, 4) is 11.1 Å². The molecule has 0 atom stereocenters. The Morgan fingerprint density at radius 2 is 1.04 bits per heavy atom. The molecule has 1 aliphatic carbocycles. The second-order valence-electron chi connectivity index (χ2n) is 10.8. The molecular formula is C37H26N6S2SiSn. The Labute approximate surface area is 301 Å². The average Bonchev–Trinajstić information content (AvgIpc) is 3.89. The number of benzene rings is 2. The van der Waals surface area contributed by atoms with E-state index in [1.807, 2.05) is 53.9 Å². The Morgan fingerprint density at radius 1 is 0.553 bits per heavy atom. The van der Waals surface area contributed by atoms with Crippen LogP contribution in [-0.4, -0.2) is 64.4 Å². The van der Waals surface area contributed by atoms with Gasteiger partial charge in [0.2, 0.25) is 0 Å². The molecule has 0 saturated carbocycles. The van der Waals surface area contributed by atoms with E-state index in [4.69, 9.17) is 0 Å². The number of H-pyrrole nitrogens is 2. The zero-order chi connectivity index (χ0) is 30.0. The molecule has 0 amide bonds. The fourth-order valence-electron chi connectivity index (χ4n) is 5.56. The summed E-state index contributed by atoms with van der Waals surface area (Å²) in [7, 11) is 0. The zero-order valence-corrected chi connectivity index (χ0v) is 30.5. The minimum absolute atomic E-state index is 0. The first-order valence-corrected chi connectivity index (χ1v) is 16.2. The first kappa shape index (κ1) is 32.5. The molecule has 2 N–H and O–H groups in total. The quantitative estimate of drug-likeness (QED) is 0.151. The maximum atomic E-state index is 4.62. The number of fused-ring (bicyclic) bond motifs is 12. The molecular weight excluding hydrogens is 739 g/mol. The van der Waals surface area contributed by atoms with E-state index in [9.17, 15) is 0 Å². The van der Waals surface area contributed by atoms with Crippen molar-refractivity contribution in [3.63, 3.8) is 0 Å². The van der Waals surface area contributed by atoms with Crippen LogP contribution >= 0.6 is 22.9 Å². The van der Waals surface area contributed by atoms with Crippen LogP contribution in [-0.2, 0) is 6.42 Å². The van der Waals surface area contributed by atoms with E-state index in [-0.39, 0.29) is 34.9 Å². The topological polar surface area (TPSA) is 83.1 Å². The van der Waals surface area contributed by atoms with Gasteiger partial charge in [0.05, 0.1) is 27.5 Å². The van der Waals surface area contributed by atoms with Crippen molar-refractivity contribution in [1.82, 2.24) is 29.5 Å². The fraction of sp³-hybridized carbons (Fsp3) is 0.0270. The van der Waals surface area contributed by atoms with E-state index in [1.54, 1.807) is 11.3 Å². The van der Waals surface area contributed by atoms with Gasteiger partial charge in [-0.15, -0.1) is 16.4 Å². The summed E-state index contributed by atoms with van der Waals surface area (Å²) in [4.78, 5) is 17.1. The van der Waals surface area contributed by atoms with Gasteiger partial charge in [0.25, 0.3) is 0 Å². The van der Waals surface area contributed by atoms with Crippen LogP contribution in [0.2, 0.25) is 0 Å². The van der Waals surface area contributed by atoms with Crippen LogP contribution in [0, 0.1) is 0 Å². The van der Waals surface area contributed by atoms with Gasteiger partial charge in [0, 0.05) is 56.9 Å². The van der Waals surface area contributed by atoms with Gasteiger partial charge in [-0.1, -0.05) is 53.0 Å². The van der Waals surface area contributed by atoms with Crippen molar-refractivity contribution in [3.05, 3.63) is 142 Å². The largest absolute Gasteiger partial charge is 0.355 e. The van der Waals surface area contributed by atoms with Crippen molar-refractivity contribution in [2.75, 3.05) is 0 Å². The summed E-state index contributed by atoms with van der Waals surface area (Å²) in [5.74, 6) is 0. The van der Waals surface area contributed by atoms with Gasteiger partial charge in [-0.25, -0.2) is 9.97 Å². The first-order chi connectivity index (χ1) is 22.2. The molecule has 2 aromatic carbocycles. The van der Waals surface area contributed by atoms with E-state index >= 15 is 0 Å². The van der Waals surface area contributed by atoms with Crippen molar-refractivity contribution < 1.29 is 0 Å². The van der Waals surface area contributed by atoms with Gasteiger partial charge in [-0.3, -0.25) is 0 Å². The summed E-state index contributed by atoms with van der Waals surface area (Å²) < 4.78 is 4.95. The summed E-state index contributed by atoms with van der Waals surface area (Å²) >= 11 is 3.07. The zero-order valence-electron chi connectivity index (χ0n) is 25.0. The third-order valence-electron chi connectivity index (χ3n) is 7.63. The molecule has 47 heavy (non-hydrogen) atoms. The molecule has 8 bridgehead atoms. The van der Waals surface area contributed by atoms with Crippen LogP contribution < -0.4 is 0 Å². The Balaban J connectivity index is 0.000000140. The predicted octanol–water partition coefficient (Wildman–Crippen LogP) is 8.90. The SMILES string of the molecule is C1=Cc2cc3ccc(cc4ccc(cc5nc(cc1n2)C=C5)[nH]4)[nH]3.[Si].[Sn].c1cc2snnc2s1.c1ccc2c(c1)Cc1ccccc1-2. The molecule has 2 aliphatic heterocycles. The summed E-state index contributed by atoms with van der Waals surface area (Å²) in [6.45, 7) is 0. The molecule has 0 saturated heterocycles.